The lowest BCUT2D eigenvalue weighted by atomic mass is 9.99. The number of anilines is 2. The number of hydrogen-bond acceptors (Lipinski definition) is 6. The number of nitrogens with one attached hydrogen (secondary N) is 1. The topological polar surface area (TPSA) is 99.9 Å². The SMILES string of the molecule is Cc1ccc(Nc2noc(-c3ccccc3)n2)cc1-c1cc2c[n+]([O-])c(C)cc2n(C)c1=O. The fourth-order valence-corrected chi connectivity index (χ4v) is 3.83. The predicted octanol–water partition coefficient (Wildman–Crippen LogP) is 4.25. The molecule has 0 saturated carbocycles. The molecule has 1 N–H and O–H groups in total. The zero-order valence-corrected chi connectivity index (χ0v) is 18.4. The molecular formula is C25H21N5O3. The molecule has 3 heterocycles. The van der Waals surface area contributed by atoms with Crippen LogP contribution in [0.15, 0.2) is 76.2 Å². The first kappa shape index (κ1) is 20.4. The van der Waals surface area contributed by atoms with Gasteiger partial charge in [0.25, 0.3) is 17.4 Å². The van der Waals surface area contributed by atoms with E-state index in [2.05, 4.69) is 15.5 Å². The third-order valence-electron chi connectivity index (χ3n) is 5.67. The van der Waals surface area contributed by atoms with Crippen molar-refractivity contribution < 1.29 is 9.25 Å². The maximum atomic E-state index is 13.2. The quantitative estimate of drug-likeness (QED) is 0.332. The summed E-state index contributed by atoms with van der Waals surface area (Å²) in [6.07, 6.45) is 1.50. The number of aryl methyl sites for hydroxylation is 3. The van der Waals surface area contributed by atoms with E-state index in [1.165, 1.54) is 6.20 Å². The van der Waals surface area contributed by atoms with Crippen molar-refractivity contribution in [1.82, 2.24) is 14.7 Å². The summed E-state index contributed by atoms with van der Waals surface area (Å²) < 4.78 is 7.74. The van der Waals surface area contributed by atoms with E-state index < -0.39 is 0 Å². The molecule has 0 fully saturated rings. The lowest BCUT2D eigenvalue weighted by Crippen LogP contribution is -2.30. The van der Waals surface area contributed by atoms with E-state index in [-0.39, 0.29) is 5.56 Å². The highest BCUT2D eigenvalue weighted by Crippen LogP contribution is 2.28. The lowest BCUT2D eigenvalue weighted by molar-refractivity contribution is -0.610. The summed E-state index contributed by atoms with van der Waals surface area (Å²) in [7, 11) is 1.71. The molecule has 0 atom stereocenters. The molecule has 0 aliphatic rings. The average Bonchev–Trinajstić information content (AvgIpc) is 3.28. The van der Waals surface area contributed by atoms with Crippen LogP contribution >= 0.6 is 0 Å². The molecule has 5 rings (SSSR count). The van der Waals surface area contributed by atoms with Crippen LogP contribution in [-0.2, 0) is 7.05 Å². The molecule has 0 bridgehead atoms. The molecule has 0 unspecified atom stereocenters. The molecule has 8 heteroatoms. The highest BCUT2D eigenvalue weighted by molar-refractivity contribution is 5.84. The summed E-state index contributed by atoms with van der Waals surface area (Å²) in [6, 6.07) is 18.7. The summed E-state index contributed by atoms with van der Waals surface area (Å²) in [5.74, 6) is 0.730. The number of pyridine rings is 2. The van der Waals surface area contributed by atoms with Crippen LogP contribution in [0.2, 0.25) is 0 Å². The van der Waals surface area contributed by atoms with Crippen molar-refractivity contribution in [3.8, 4) is 22.6 Å². The Labute approximate surface area is 189 Å². The van der Waals surface area contributed by atoms with Gasteiger partial charge in [-0.15, -0.1) is 0 Å². The molecular weight excluding hydrogens is 418 g/mol. The van der Waals surface area contributed by atoms with E-state index in [1.54, 1.807) is 30.7 Å². The molecule has 3 aromatic heterocycles. The Hall–Kier alpha value is -4.46. The van der Waals surface area contributed by atoms with Gasteiger partial charge in [0, 0.05) is 36.9 Å². The number of hydrogen-bond donors (Lipinski definition) is 1. The monoisotopic (exact) mass is 439 g/mol. The van der Waals surface area contributed by atoms with Crippen LogP contribution in [0.25, 0.3) is 33.5 Å². The molecule has 0 aliphatic heterocycles. The number of benzene rings is 2. The first-order valence-corrected chi connectivity index (χ1v) is 10.4. The molecule has 5 aromatic rings. The Bertz CT molecular complexity index is 1550. The van der Waals surface area contributed by atoms with Crippen LogP contribution in [0.4, 0.5) is 11.6 Å². The van der Waals surface area contributed by atoms with Crippen LogP contribution in [-0.4, -0.2) is 14.7 Å². The van der Waals surface area contributed by atoms with Crippen molar-refractivity contribution in [3.63, 3.8) is 0 Å². The van der Waals surface area contributed by atoms with Crippen molar-refractivity contribution in [1.29, 1.82) is 0 Å². The smallest absolute Gasteiger partial charge is 0.268 e. The van der Waals surface area contributed by atoms with Crippen molar-refractivity contribution in [2.45, 2.75) is 13.8 Å². The number of fused-ring (bicyclic) bond motifs is 1. The molecule has 0 saturated heterocycles. The zero-order chi connectivity index (χ0) is 23.1. The molecule has 2 aromatic carbocycles. The van der Waals surface area contributed by atoms with E-state index >= 15 is 0 Å². The van der Waals surface area contributed by atoms with Crippen LogP contribution in [0.5, 0.6) is 0 Å². The minimum atomic E-state index is -0.142. The van der Waals surface area contributed by atoms with Gasteiger partial charge in [-0.25, -0.2) is 0 Å². The van der Waals surface area contributed by atoms with Gasteiger partial charge in [-0.1, -0.05) is 24.3 Å². The van der Waals surface area contributed by atoms with Crippen LogP contribution in [0.1, 0.15) is 11.3 Å². The van der Waals surface area contributed by atoms with Gasteiger partial charge in [0.1, 0.15) is 0 Å². The van der Waals surface area contributed by atoms with E-state index in [1.807, 2.05) is 55.5 Å². The Morgan fingerprint density at radius 2 is 1.82 bits per heavy atom. The van der Waals surface area contributed by atoms with Crippen LogP contribution in [0, 0.1) is 19.1 Å². The van der Waals surface area contributed by atoms with Gasteiger partial charge in [-0.2, -0.15) is 9.71 Å². The third kappa shape index (κ3) is 3.71. The molecule has 33 heavy (non-hydrogen) atoms. The van der Waals surface area contributed by atoms with Crippen LogP contribution in [0.3, 0.4) is 0 Å². The highest BCUT2D eigenvalue weighted by Gasteiger charge is 2.15. The fourth-order valence-electron chi connectivity index (χ4n) is 3.83. The maximum Gasteiger partial charge on any atom is 0.268 e. The second-order valence-corrected chi connectivity index (χ2v) is 7.95. The van der Waals surface area contributed by atoms with E-state index in [4.69, 9.17) is 4.52 Å². The van der Waals surface area contributed by atoms with Gasteiger partial charge in [-0.3, -0.25) is 4.79 Å². The second kappa shape index (κ2) is 7.90. The van der Waals surface area contributed by atoms with Gasteiger partial charge in [0.2, 0.25) is 0 Å². The number of rotatable bonds is 4. The fraction of sp³-hybridized carbons (Fsp3) is 0.120. The van der Waals surface area contributed by atoms with Gasteiger partial charge < -0.3 is 19.6 Å². The highest BCUT2D eigenvalue weighted by atomic mass is 16.5. The Morgan fingerprint density at radius 3 is 2.61 bits per heavy atom. The average molecular weight is 439 g/mol. The first-order valence-electron chi connectivity index (χ1n) is 10.4. The summed E-state index contributed by atoms with van der Waals surface area (Å²) in [4.78, 5) is 17.6. The van der Waals surface area contributed by atoms with Gasteiger partial charge >= 0.3 is 0 Å². The Kier molecular flexibility index (Phi) is 4.90. The van der Waals surface area contributed by atoms with Crippen LogP contribution < -0.4 is 15.6 Å². The Morgan fingerprint density at radius 1 is 1.03 bits per heavy atom. The zero-order valence-electron chi connectivity index (χ0n) is 18.4. The minimum Gasteiger partial charge on any atom is -0.618 e. The summed E-state index contributed by atoms with van der Waals surface area (Å²) in [5.41, 5.74) is 4.83. The predicted molar refractivity (Wildman–Crippen MR) is 126 cm³/mol. The molecule has 8 nitrogen and oxygen atoms in total. The lowest BCUT2D eigenvalue weighted by Gasteiger charge is -2.13. The van der Waals surface area contributed by atoms with Gasteiger partial charge in [-0.05, 0) is 53.5 Å². The minimum absolute atomic E-state index is 0.142. The molecule has 0 aliphatic carbocycles. The summed E-state index contributed by atoms with van der Waals surface area (Å²) in [6.45, 7) is 3.65. The Balaban J connectivity index is 1.54. The van der Waals surface area contributed by atoms with Crippen molar-refractivity contribution >= 4 is 22.5 Å². The first-order chi connectivity index (χ1) is 15.9. The summed E-state index contributed by atoms with van der Waals surface area (Å²) in [5, 5.41) is 19.9. The standard InChI is InChI=1S/C25H21N5O3/c1-15-9-10-19(26-25-27-23(33-28-25)17-7-5-4-6-8-17)13-20(15)21-12-18-14-30(32)16(2)11-22(18)29(3)24(21)31/h4-14H,1-3H3,(H,26,28). The molecule has 0 spiro atoms. The van der Waals surface area contributed by atoms with Crippen molar-refractivity contribution in [2.75, 3.05) is 5.32 Å². The largest absolute Gasteiger partial charge is 0.618 e. The maximum absolute atomic E-state index is 13.2. The van der Waals surface area contributed by atoms with Crippen molar-refractivity contribution in [2.24, 2.45) is 7.05 Å². The van der Waals surface area contributed by atoms with E-state index in [9.17, 15) is 10.0 Å². The number of nitrogens with zero attached hydrogens (tertiary/aromatic N) is 4. The normalized spacial score (nSPS) is 11.1. The van der Waals surface area contributed by atoms with Gasteiger partial charge in [0.15, 0.2) is 11.9 Å². The second-order valence-electron chi connectivity index (χ2n) is 7.95. The molecule has 0 amide bonds. The molecule has 164 valence electrons. The van der Waals surface area contributed by atoms with E-state index in [0.29, 0.717) is 39.7 Å². The third-order valence-corrected chi connectivity index (χ3v) is 5.67. The van der Waals surface area contributed by atoms with Gasteiger partial charge in [0.05, 0.1) is 10.9 Å². The molecule has 0 radical (unpaired) electrons. The number of aromatic nitrogens is 4. The summed E-state index contributed by atoms with van der Waals surface area (Å²) >= 11 is 0. The van der Waals surface area contributed by atoms with Crippen molar-refractivity contribution in [3.05, 3.63) is 93.7 Å². The van der Waals surface area contributed by atoms with E-state index in [0.717, 1.165) is 21.4 Å².